The Balaban J connectivity index is 1.93. The lowest BCUT2D eigenvalue weighted by Gasteiger charge is -2.49. The van der Waals surface area contributed by atoms with Gasteiger partial charge in [-0.3, -0.25) is 4.57 Å². The van der Waals surface area contributed by atoms with E-state index in [0.717, 1.165) is 0 Å². The molecule has 6 nitrogen and oxygen atoms in total. The first-order chi connectivity index (χ1) is 15.5. The lowest BCUT2D eigenvalue weighted by Crippen LogP contribution is -2.52. The monoisotopic (exact) mass is 449 g/mol. The van der Waals surface area contributed by atoms with E-state index in [1.165, 1.54) is 12.1 Å². The predicted octanol–water partition coefficient (Wildman–Crippen LogP) is 5.11. The van der Waals surface area contributed by atoms with Crippen LogP contribution in [0.3, 0.4) is 0 Å². The van der Waals surface area contributed by atoms with E-state index in [9.17, 15) is 9.50 Å². The summed E-state index contributed by atoms with van der Waals surface area (Å²) in [4.78, 5) is 4.85. The molecular weight excluding hydrogens is 421 g/mol. The van der Waals surface area contributed by atoms with Gasteiger partial charge >= 0.3 is 0 Å². The van der Waals surface area contributed by atoms with Gasteiger partial charge in [-0.2, -0.15) is 5.26 Å². The van der Waals surface area contributed by atoms with Crippen LogP contribution in [-0.4, -0.2) is 33.0 Å². The quantitative estimate of drug-likeness (QED) is 0.598. The van der Waals surface area contributed by atoms with Gasteiger partial charge in [0.1, 0.15) is 29.1 Å². The van der Waals surface area contributed by atoms with E-state index in [2.05, 4.69) is 0 Å². The summed E-state index contributed by atoms with van der Waals surface area (Å²) in [7, 11) is 1.57. The molecule has 0 spiro atoms. The highest BCUT2D eigenvalue weighted by Gasteiger charge is 2.49. The third-order valence-electron chi connectivity index (χ3n) is 5.87. The van der Waals surface area contributed by atoms with Crippen LogP contribution in [0, 0.1) is 17.1 Å². The Bertz CT molecular complexity index is 1220. The van der Waals surface area contributed by atoms with Gasteiger partial charge in [-0.15, -0.1) is 0 Å². The first-order valence-electron chi connectivity index (χ1n) is 10.8. The van der Waals surface area contributed by atoms with E-state index < -0.39 is 22.6 Å². The molecule has 0 bridgehead atoms. The van der Waals surface area contributed by atoms with E-state index in [-0.39, 0.29) is 5.56 Å². The summed E-state index contributed by atoms with van der Waals surface area (Å²) in [6, 6.07) is 13.6. The number of hydrogen-bond donors (Lipinski definition) is 1. The second-order valence-electron chi connectivity index (χ2n) is 9.80. The highest BCUT2D eigenvalue weighted by molar-refractivity contribution is 5.67. The average molecular weight is 450 g/mol. The van der Waals surface area contributed by atoms with Gasteiger partial charge in [0.15, 0.2) is 0 Å². The maximum atomic E-state index is 14.5. The summed E-state index contributed by atoms with van der Waals surface area (Å²) in [5.41, 5.74) is -0.762. The Hall–Kier alpha value is -3.21. The molecule has 1 N–H and O–H groups in total. The van der Waals surface area contributed by atoms with Crippen LogP contribution in [0.5, 0.6) is 5.75 Å². The maximum absolute atomic E-state index is 14.5. The number of nitriles is 1. The first-order valence-corrected chi connectivity index (χ1v) is 10.8. The van der Waals surface area contributed by atoms with Crippen molar-refractivity contribution in [1.82, 2.24) is 9.55 Å². The van der Waals surface area contributed by atoms with Gasteiger partial charge in [-0.1, -0.05) is 12.1 Å². The Morgan fingerprint density at radius 3 is 2.39 bits per heavy atom. The topological polar surface area (TPSA) is 80.3 Å². The van der Waals surface area contributed by atoms with Gasteiger partial charge in [-0.25, -0.2) is 9.37 Å². The van der Waals surface area contributed by atoms with Crippen molar-refractivity contribution in [1.29, 1.82) is 5.26 Å². The Morgan fingerprint density at radius 2 is 1.79 bits per heavy atom. The van der Waals surface area contributed by atoms with Crippen LogP contribution in [0.15, 0.2) is 48.7 Å². The summed E-state index contributed by atoms with van der Waals surface area (Å²) in [6.07, 6.45) is 2.45. The van der Waals surface area contributed by atoms with Crippen LogP contribution >= 0.6 is 0 Å². The highest BCUT2D eigenvalue weighted by atomic mass is 19.1. The number of para-hydroxylation sites is 1. The second kappa shape index (κ2) is 7.98. The van der Waals surface area contributed by atoms with E-state index in [0.29, 0.717) is 41.4 Å². The van der Waals surface area contributed by atoms with Crippen LogP contribution < -0.4 is 4.74 Å². The third kappa shape index (κ3) is 4.37. The van der Waals surface area contributed by atoms with Crippen LogP contribution in [0.4, 0.5) is 4.39 Å². The van der Waals surface area contributed by atoms with Gasteiger partial charge in [0.25, 0.3) is 0 Å². The molecule has 1 aromatic heterocycles. The molecule has 7 heteroatoms. The van der Waals surface area contributed by atoms with Crippen LogP contribution in [-0.2, 0) is 10.3 Å². The SMILES string of the molecule is COc1ccccc1-c1nc(C2(O)CC(C)(C)OC(C)(C)C2)cn1-c1ccc(C#N)c(F)c1. The molecule has 2 aromatic carbocycles. The summed E-state index contributed by atoms with van der Waals surface area (Å²) in [5.74, 6) is 0.481. The van der Waals surface area contributed by atoms with Crippen molar-refractivity contribution in [3.8, 4) is 28.9 Å². The molecule has 0 aliphatic carbocycles. The lowest BCUT2D eigenvalue weighted by atomic mass is 9.76. The average Bonchev–Trinajstić information content (AvgIpc) is 3.17. The molecule has 1 saturated heterocycles. The molecule has 33 heavy (non-hydrogen) atoms. The van der Waals surface area contributed by atoms with Gasteiger partial charge in [0.2, 0.25) is 0 Å². The zero-order chi connectivity index (χ0) is 24.0. The second-order valence-corrected chi connectivity index (χ2v) is 9.80. The number of hydrogen-bond acceptors (Lipinski definition) is 5. The Kier molecular flexibility index (Phi) is 5.55. The molecule has 0 unspecified atom stereocenters. The minimum Gasteiger partial charge on any atom is -0.496 e. The number of halogens is 1. The fourth-order valence-electron chi connectivity index (χ4n) is 5.04. The largest absolute Gasteiger partial charge is 0.496 e. The summed E-state index contributed by atoms with van der Waals surface area (Å²) in [6.45, 7) is 7.81. The van der Waals surface area contributed by atoms with Crippen LogP contribution in [0.1, 0.15) is 51.8 Å². The van der Waals surface area contributed by atoms with Crippen molar-refractivity contribution in [2.45, 2.75) is 57.3 Å². The fourth-order valence-corrected chi connectivity index (χ4v) is 5.04. The third-order valence-corrected chi connectivity index (χ3v) is 5.87. The molecule has 2 heterocycles. The number of methoxy groups -OCH3 is 1. The number of aliphatic hydroxyl groups is 1. The minimum absolute atomic E-state index is 0.0375. The first kappa shape index (κ1) is 23.0. The van der Waals surface area contributed by atoms with E-state index in [1.54, 1.807) is 23.9 Å². The molecule has 4 rings (SSSR count). The van der Waals surface area contributed by atoms with E-state index in [4.69, 9.17) is 19.7 Å². The van der Waals surface area contributed by atoms with Crippen molar-refractivity contribution in [3.05, 3.63) is 65.7 Å². The Labute approximate surface area is 193 Å². The predicted molar refractivity (Wildman–Crippen MR) is 123 cm³/mol. The molecule has 1 aliphatic heterocycles. The van der Waals surface area contributed by atoms with Gasteiger partial charge in [0, 0.05) is 19.0 Å². The molecule has 0 saturated carbocycles. The molecule has 172 valence electrons. The number of aromatic nitrogens is 2. The van der Waals surface area contributed by atoms with Gasteiger partial charge in [0.05, 0.1) is 40.8 Å². The molecule has 3 aromatic rings. The summed E-state index contributed by atoms with van der Waals surface area (Å²) < 4.78 is 27.9. The number of rotatable bonds is 4. The molecule has 0 amide bonds. The van der Waals surface area contributed by atoms with E-state index in [1.807, 2.05) is 58.0 Å². The Morgan fingerprint density at radius 1 is 1.12 bits per heavy atom. The van der Waals surface area contributed by atoms with Crippen molar-refractivity contribution in [2.24, 2.45) is 0 Å². The zero-order valence-corrected chi connectivity index (χ0v) is 19.5. The summed E-state index contributed by atoms with van der Waals surface area (Å²) in [5, 5.41) is 20.9. The smallest absolute Gasteiger partial charge is 0.148 e. The van der Waals surface area contributed by atoms with Crippen molar-refractivity contribution in [2.75, 3.05) is 7.11 Å². The van der Waals surface area contributed by atoms with Crippen molar-refractivity contribution < 1.29 is 19.0 Å². The number of ether oxygens (including phenoxy) is 2. The van der Waals surface area contributed by atoms with Crippen LogP contribution in [0.2, 0.25) is 0 Å². The summed E-state index contributed by atoms with van der Waals surface area (Å²) >= 11 is 0. The van der Waals surface area contributed by atoms with E-state index >= 15 is 0 Å². The molecule has 1 fully saturated rings. The minimum atomic E-state index is -1.25. The van der Waals surface area contributed by atoms with Gasteiger partial charge < -0.3 is 14.6 Å². The number of imidazole rings is 1. The lowest BCUT2D eigenvalue weighted by molar-refractivity contribution is -0.224. The van der Waals surface area contributed by atoms with Gasteiger partial charge in [-0.05, 0) is 58.0 Å². The van der Waals surface area contributed by atoms with Crippen molar-refractivity contribution in [3.63, 3.8) is 0 Å². The molecule has 0 atom stereocenters. The zero-order valence-electron chi connectivity index (χ0n) is 19.5. The molecular formula is C26H28FN3O3. The van der Waals surface area contributed by atoms with Crippen molar-refractivity contribution >= 4 is 0 Å². The number of benzene rings is 2. The maximum Gasteiger partial charge on any atom is 0.148 e. The number of nitrogens with zero attached hydrogens (tertiary/aromatic N) is 3. The standard InChI is InChI=1S/C26H28FN3O3/c1-24(2)15-26(31,16-25(3,4)33-24)22-14-30(18-11-10-17(13-28)20(27)12-18)23(29-22)19-8-6-7-9-21(19)32-5/h6-12,14,31H,15-16H2,1-5H3. The highest BCUT2D eigenvalue weighted by Crippen LogP contribution is 2.47. The normalized spacial score (nSPS) is 18.5. The fraction of sp³-hybridized carbons (Fsp3) is 0.385. The molecule has 0 radical (unpaired) electrons. The molecule has 1 aliphatic rings. The van der Waals surface area contributed by atoms with Crippen LogP contribution in [0.25, 0.3) is 17.1 Å².